The van der Waals surface area contributed by atoms with Crippen molar-refractivity contribution in [2.45, 2.75) is 140 Å². The van der Waals surface area contributed by atoms with Crippen LogP contribution in [0.25, 0.3) is 0 Å². The minimum absolute atomic E-state index is 0.0116. The Bertz CT molecular complexity index is 2670. The summed E-state index contributed by atoms with van der Waals surface area (Å²) in [5, 5.41) is 2.76. The summed E-state index contributed by atoms with van der Waals surface area (Å²) in [6, 6.07) is 34.3. The molecule has 13 nitrogen and oxygen atoms in total. The van der Waals surface area contributed by atoms with Crippen LogP contribution in [0, 0.1) is 19.3 Å². The lowest BCUT2D eigenvalue weighted by atomic mass is 9.80. The molecule has 6 rings (SSSR count). The van der Waals surface area contributed by atoms with Crippen LogP contribution in [-0.2, 0) is 35.3 Å². The van der Waals surface area contributed by atoms with Gasteiger partial charge in [-0.2, -0.15) is 0 Å². The van der Waals surface area contributed by atoms with Gasteiger partial charge in [-0.25, -0.2) is 9.46 Å². The molecule has 1 aliphatic heterocycles. The van der Waals surface area contributed by atoms with E-state index in [9.17, 15) is 14.4 Å². The summed E-state index contributed by atoms with van der Waals surface area (Å²) in [7, 11) is 3.36. The van der Waals surface area contributed by atoms with Gasteiger partial charge in [0, 0.05) is 46.3 Å². The Balaban J connectivity index is 1.32. The predicted molar refractivity (Wildman–Crippen MR) is 291 cm³/mol. The maximum absolute atomic E-state index is 13.5. The molecule has 2 heterocycles. The molecule has 1 amide bonds. The topological polar surface area (TPSA) is 143 Å². The number of hydrogen-bond acceptors (Lipinski definition) is 12. The third-order valence-electron chi connectivity index (χ3n) is 12.1. The fourth-order valence-electron chi connectivity index (χ4n) is 8.55. The maximum atomic E-state index is 13.5. The quantitative estimate of drug-likeness (QED) is 0.0236. The molecule has 0 aliphatic carbocycles. The average Bonchev–Trinajstić information content (AvgIpc) is 3.75. The van der Waals surface area contributed by atoms with E-state index in [-0.39, 0.29) is 48.4 Å². The van der Waals surface area contributed by atoms with Gasteiger partial charge in [-0.15, -0.1) is 6.42 Å². The largest absolute Gasteiger partial charge is 0.497 e. The minimum atomic E-state index is -1.72. The van der Waals surface area contributed by atoms with Gasteiger partial charge in [0.05, 0.1) is 39.1 Å². The zero-order valence-electron chi connectivity index (χ0n) is 43.2. The molecule has 5 unspecified atom stereocenters. The van der Waals surface area contributed by atoms with E-state index in [1.165, 1.54) is 4.57 Å². The SMILES string of the molecule is C#CCNC(=O)CCC(C)(C)SSc1ccccc1CCOP(OC1CC(n2cc(C)c(=O)[nH]c2=O)OC1COC(c1ccccc1)(c1ccc(OC)cc1)c1ccc(OC(C)C)cc1)N(C(C)C)C(C)C. The molecule has 0 spiro atoms. The van der Waals surface area contributed by atoms with Gasteiger partial charge in [-0.05, 0) is 128 Å². The Morgan fingerprint density at radius 3 is 2.17 bits per heavy atom. The molecule has 5 aromatic rings. The third kappa shape index (κ3) is 14.9. The van der Waals surface area contributed by atoms with Crippen molar-refractivity contribution in [3.63, 3.8) is 0 Å². The highest BCUT2D eigenvalue weighted by Gasteiger charge is 2.45. The summed E-state index contributed by atoms with van der Waals surface area (Å²) in [5.41, 5.74) is 1.90. The Morgan fingerprint density at radius 1 is 0.917 bits per heavy atom. The van der Waals surface area contributed by atoms with Crippen LogP contribution >= 0.6 is 30.1 Å². The number of aromatic amines is 1. The summed E-state index contributed by atoms with van der Waals surface area (Å²) in [6.07, 6.45) is 6.70. The molecule has 1 aromatic heterocycles. The first-order chi connectivity index (χ1) is 34.4. The molecular formula is C56H71N4O9PS2. The molecule has 0 bridgehead atoms. The molecule has 0 radical (unpaired) electrons. The molecule has 1 aliphatic rings. The molecule has 1 saturated heterocycles. The molecule has 1 fully saturated rings. The summed E-state index contributed by atoms with van der Waals surface area (Å²) >= 11 is 0. The fourth-order valence-corrected chi connectivity index (χ4v) is 12.9. The molecule has 2 N–H and O–H groups in total. The van der Waals surface area contributed by atoms with E-state index < -0.39 is 43.8 Å². The van der Waals surface area contributed by atoms with Gasteiger partial charge in [0.25, 0.3) is 14.1 Å². The Labute approximate surface area is 434 Å². The zero-order valence-corrected chi connectivity index (χ0v) is 45.7. The number of H-pyrrole nitrogens is 1. The molecule has 72 heavy (non-hydrogen) atoms. The molecule has 386 valence electrons. The number of methoxy groups -OCH3 is 1. The summed E-state index contributed by atoms with van der Waals surface area (Å²) in [4.78, 5) is 42.0. The number of amides is 1. The van der Waals surface area contributed by atoms with E-state index in [2.05, 4.69) is 74.6 Å². The highest BCUT2D eigenvalue weighted by molar-refractivity contribution is 8.77. The molecule has 5 atom stereocenters. The number of carbonyl (C=O) groups excluding carboxylic acids is 1. The van der Waals surface area contributed by atoms with Crippen LogP contribution in [-0.4, -0.2) is 82.1 Å². The van der Waals surface area contributed by atoms with E-state index >= 15 is 0 Å². The summed E-state index contributed by atoms with van der Waals surface area (Å²) in [6.45, 7) is 19.1. The number of nitrogens with one attached hydrogen (secondary N) is 2. The number of nitrogens with zero attached hydrogens (tertiary/aromatic N) is 2. The van der Waals surface area contributed by atoms with Gasteiger partial charge in [-0.1, -0.05) is 100 Å². The minimum Gasteiger partial charge on any atom is -0.497 e. The van der Waals surface area contributed by atoms with Crippen LogP contribution in [0.2, 0.25) is 0 Å². The number of terminal acetylenes is 1. The summed E-state index contributed by atoms with van der Waals surface area (Å²) in [5.74, 6) is 3.84. The molecular weight excluding hydrogens is 968 g/mol. The Kier molecular flexibility index (Phi) is 20.7. The number of ether oxygens (including phenoxy) is 4. The first-order valence-corrected chi connectivity index (χ1v) is 27.8. The lowest BCUT2D eigenvalue weighted by Gasteiger charge is -2.39. The van der Waals surface area contributed by atoms with Crippen molar-refractivity contribution in [1.82, 2.24) is 19.5 Å². The van der Waals surface area contributed by atoms with Crippen LogP contribution in [0.3, 0.4) is 0 Å². The highest BCUT2D eigenvalue weighted by Crippen LogP contribution is 2.51. The van der Waals surface area contributed by atoms with Gasteiger partial charge in [0.1, 0.15) is 29.4 Å². The van der Waals surface area contributed by atoms with Crippen molar-refractivity contribution in [3.05, 3.63) is 158 Å². The fraction of sp³-hybridized carbons (Fsp3) is 0.446. The summed E-state index contributed by atoms with van der Waals surface area (Å²) < 4.78 is 43.6. The number of carbonyl (C=O) groups is 1. The second-order valence-electron chi connectivity index (χ2n) is 19.2. The number of hydrogen-bond donors (Lipinski definition) is 2. The first-order valence-electron chi connectivity index (χ1n) is 24.5. The monoisotopic (exact) mass is 1040 g/mol. The standard InChI is InChI=1S/C56H71N4O9PS2/c1-12-33-57-51(61)30-32-55(9,10)72-71-50-21-17-16-18-42(50)31-34-66-70(60(38(2)3)39(4)5)69-48-35-52(59-36-41(8)53(62)58-54(59)63)68-49(48)37-65-56(43-19-14-13-15-20-43,44-22-26-46(64-11)27-23-44)45-24-28-47(29-25-45)67-40(6)7/h1,13-29,36,38-40,48-49,52H,30-35,37H2,2-11H3,(H,57,61)(H,58,62,63). The van der Waals surface area contributed by atoms with Gasteiger partial charge < -0.3 is 33.3 Å². The van der Waals surface area contributed by atoms with Crippen molar-refractivity contribution >= 4 is 36.0 Å². The van der Waals surface area contributed by atoms with Crippen molar-refractivity contribution in [2.75, 3.05) is 26.9 Å². The number of aromatic nitrogens is 2. The van der Waals surface area contributed by atoms with Crippen molar-refractivity contribution in [2.24, 2.45) is 0 Å². The maximum Gasteiger partial charge on any atom is 0.330 e. The van der Waals surface area contributed by atoms with Gasteiger partial charge >= 0.3 is 5.69 Å². The van der Waals surface area contributed by atoms with E-state index in [0.29, 0.717) is 37.2 Å². The number of aryl methyl sites for hydroxylation is 1. The van der Waals surface area contributed by atoms with Crippen molar-refractivity contribution in [1.29, 1.82) is 0 Å². The van der Waals surface area contributed by atoms with Crippen molar-refractivity contribution < 1.29 is 32.8 Å². The van der Waals surface area contributed by atoms with Crippen molar-refractivity contribution in [3.8, 4) is 23.8 Å². The highest BCUT2D eigenvalue weighted by atomic mass is 33.1. The molecule has 0 saturated carbocycles. The van der Waals surface area contributed by atoms with Crippen LogP contribution in [0.1, 0.15) is 109 Å². The number of rotatable bonds is 26. The van der Waals surface area contributed by atoms with Gasteiger partial charge in [0.15, 0.2) is 0 Å². The van der Waals surface area contributed by atoms with Crippen LogP contribution in [0.5, 0.6) is 11.5 Å². The second-order valence-corrected chi connectivity index (χ2v) is 23.5. The second kappa shape index (κ2) is 26.4. The van der Waals surface area contributed by atoms with Gasteiger partial charge in [0.2, 0.25) is 5.91 Å². The molecule has 4 aromatic carbocycles. The average molecular weight is 1040 g/mol. The Morgan fingerprint density at radius 2 is 1.54 bits per heavy atom. The van der Waals surface area contributed by atoms with Crippen LogP contribution in [0.15, 0.2) is 124 Å². The van der Waals surface area contributed by atoms with E-state index in [4.69, 9.17) is 34.4 Å². The van der Waals surface area contributed by atoms with E-state index in [1.54, 1.807) is 41.8 Å². The lowest BCUT2D eigenvalue weighted by molar-refractivity contribution is -0.121. The van der Waals surface area contributed by atoms with E-state index in [0.717, 1.165) is 32.9 Å². The van der Waals surface area contributed by atoms with E-state index in [1.807, 2.05) is 105 Å². The van der Waals surface area contributed by atoms with Gasteiger partial charge in [-0.3, -0.25) is 19.1 Å². The lowest BCUT2D eigenvalue weighted by Crippen LogP contribution is -2.39. The molecule has 16 heteroatoms. The zero-order chi connectivity index (χ0) is 52.0. The van der Waals surface area contributed by atoms with Crippen LogP contribution < -0.4 is 26.0 Å². The smallest absolute Gasteiger partial charge is 0.330 e. The third-order valence-corrected chi connectivity index (χ3v) is 17.7. The Hall–Kier alpha value is -4.88. The van der Waals surface area contributed by atoms with Crippen LogP contribution in [0.4, 0.5) is 0 Å². The first kappa shape index (κ1) is 56.4. The normalized spacial score (nSPS) is 17.3. The predicted octanol–water partition coefficient (Wildman–Crippen LogP) is 11.0. The number of benzene rings is 4.